The van der Waals surface area contributed by atoms with Crippen LogP contribution in [-0.4, -0.2) is 54.7 Å². The van der Waals surface area contributed by atoms with E-state index in [9.17, 15) is 9.59 Å². The van der Waals surface area contributed by atoms with E-state index >= 15 is 0 Å². The molecule has 0 unspecified atom stereocenters. The number of rotatable bonds is 5. The molecule has 3 aromatic rings. The van der Waals surface area contributed by atoms with Gasteiger partial charge in [-0.05, 0) is 54.8 Å². The van der Waals surface area contributed by atoms with Gasteiger partial charge in [-0.15, -0.1) is 0 Å². The monoisotopic (exact) mass is 434 g/mol. The Bertz CT molecular complexity index is 1170. The van der Waals surface area contributed by atoms with Gasteiger partial charge in [-0.25, -0.2) is 0 Å². The minimum Gasteiger partial charge on any atom is -0.497 e. The largest absolute Gasteiger partial charge is 0.497 e. The maximum Gasteiger partial charge on any atom is 0.255 e. The van der Waals surface area contributed by atoms with E-state index in [0.717, 1.165) is 33.9 Å². The van der Waals surface area contributed by atoms with Crippen molar-refractivity contribution in [2.24, 2.45) is 5.92 Å². The van der Waals surface area contributed by atoms with Crippen LogP contribution < -0.4 is 14.8 Å². The Hall–Kier alpha value is -3.81. The number of aryl methyl sites for hydroxylation is 1. The van der Waals surface area contributed by atoms with Crippen molar-refractivity contribution in [3.8, 4) is 22.6 Å². The minimum atomic E-state index is -0.382. The van der Waals surface area contributed by atoms with Crippen molar-refractivity contribution in [3.63, 3.8) is 0 Å². The SMILES string of the molecule is COc1ccc2c(c1)C[C@H](C(=O)Nc1ccc(-c3cn[nH]c3C)cc1C(=O)N(C)C)CO2. The van der Waals surface area contributed by atoms with E-state index in [1.54, 1.807) is 39.5 Å². The Balaban J connectivity index is 1.59. The lowest BCUT2D eigenvalue weighted by atomic mass is 9.95. The van der Waals surface area contributed by atoms with Crippen LogP contribution in [0.1, 0.15) is 21.6 Å². The Morgan fingerprint density at radius 2 is 2.03 bits per heavy atom. The normalized spacial score (nSPS) is 14.8. The smallest absolute Gasteiger partial charge is 0.255 e. The molecule has 1 atom stereocenters. The summed E-state index contributed by atoms with van der Waals surface area (Å²) in [6.45, 7) is 2.19. The molecule has 0 spiro atoms. The predicted molar refractivity (Wildman–Crippen MR) is 121 cm³/mol. The molecule has 0 bridgehead atoms. The van der Waals surface area contributed by atoms with Crippen molar-refractivity contribution in [3.05, 3.63) is 59.4 Å². The average molecular weight is 434 g/mol. The second kappa shape index (κ2) is 8.74. The predicted octanol–water partition coefficient (Wildman–Crippen LogP) is 3.29. The maximum absolute atomic E-state index is 13.1. The topological polar surface area (TPSA) is 96.5 Å². The molecule has 0 saturated heterocycles. The number of anilines is 1. The number of carbonyl (C=O) groups is 2. The van der Waals surface area contributed by atoms with E-state index in [1.165, 1.54) is 4.90 Å². The molecule has 1 aromatic heterocycles. The lowest BCUT2D eigenvalue weighted by molar-refractivity contribution is -0.121. The molecule has 1 aliphatic rings. The molecular weight excluding hydrogens is 408 g/mol. The fourth-order valence-electron chi connectivity index (χ4n) is 3.78. The van der Waals surface area contributed by atoms with Gasteiger partial charge in [0.2, 0.25) is 5.91 Å². The fourth-order valence-corrected chi connectivity index (χ4v) is 3.78. The van der Waals surface area contributed by atoms with E-state index in [1.807, 2.05) is 31.2 Å². The van der Waals surface area contributed by atoms with Crippen LogP contribution in [-0.2, 0) is 11.2 Å². The molecule has 2 heterocycles. The lowest BCUT2D eigenvalue weighted by Gasteiger charge is -2.25. The average Bonchev–Trinajstić information content (AvgIpc) is 3.23. The first-order valence-corrected chi connectivity index (χ1v) is 10.3. The van der Waals surface area contributed by atoms with Gasteiger partial charge in [0.05, 0.1) is 30.5 Å². The summed E-state index contributed by atoms with van der Waals surface area (Å²) in [7, 11) is 4.97. The third-order valence-electron chi connectivity index (χ3n) is 5.60. The van der Waals surface area contributed by atoms with Gasteiger partial charge < -0.3 is 19.7 Å². The number of methoxy groups -OCH3 is 1. The molecule has 4 rings (SSSR count). The lowest BCUT2D eigenvalue weighted by Crippen LogP contribution is -2.33. The van der Waals surface area contributed by atoms with Crippen molar-refractivity contribution in [2.45, 2.75) is 13.3 Å². The zero-order chi connectivity index (χ0) is 22.8. The molecule has 8 heteroatoms. The van der Waals surface area contributed by atoms with Gasteiger partial charge in [-0.2, -0.15) is 5.10 Å². The van der Waals surface area contributed by atoms with Gasteiger partial charge in [0.25, 0.3) is 5.91 Å². The highest BCUT2D eigenvalue weighted by Gasteiger charge is 2.28. The van der Waals surface area contributed by atoms with Crippen molar-refractivity contribution in [1.82, 2.24) is 15.1 Å². The Kier molecular flexibility index (Phi) is 5.85. The summed E-state index contributed by atoms with van der Waals surface area (Å²) in [5.41, 5.74) is 4.46. The fraction of sp³-hybridized carbons (Fsp3) is 0.292. The van der Waals surface area contributed by atoms with Gasteiger partial charge in [0, 0.05) is 25.4 Å². The van der Waals surface area contributed by atoms with E-state index < -0.39 is 0 Å². The number of nitrogens with zero attached hydrogens (tertiary/aromatic N) is 2. The first-order chi connectivity index (χ1) is 15.4. The molecule has 0 aliphatic carbocycles. The van der Waals surface area contributed by atoms with Crippen LogP contribution in [0.25, 0.3) is 11.1 Å². The van der Waals surface area contributed by atoms with Crippen LogP contribution >= 0.6 is 0 Å². The van der Waals surface area contributed by atoms with Crippen molar-refractivity contribution in [1.29, 1.82) is 0 Å². The third kappa shape index (κ3) is 4.16. The molecule has 1 aliphatic heterocycles. The molecule has 8 nitrogen and oxygen atoms in total. The zero-order valence-corrected chi connectivity index (χ0v) is 18.6. The van der Waals surface area contributed by atoms with Gasteiger partial charge >= 0.3 is 0 Å². The third-order valence-corrected chi connectivity index (χ3v) is 5.60. The van der Waals surface area contributed by atoms with E-state index in [2.05, 4.69) is 15.5 Å². The summed E-state index contributed by atoms with van der Waals surface area (Å²) in [5.74, 6) is 0.708. The number of H-pyrrole nitrogens is 1. The summed E-state index contributed by atoms with van der Waals surface area (Å²) >= 11 is 0. The second-order valence-corrected chi connectivity index (χ2v) is 8.04. The van der Waals surface area contributed by atoms with Crippen molar-refractivity contribution in [2.75, 3.05) is 33.1 Å². The summed E-state index contributed by atoms with van der Waals surface area (Å²) in [5, 5.41) is 9.91. The van der Waals surface area contributed by atoms with Crippen LogP contribution in [0, 0.1) is 12.8 Å². The van der Waals surface area contributed by atoms with E-state index in [-0.39, 0.29) is 24.3 Å². The van der Waals surface area contributed by atoms with E-state index in [0.29, 0.717) is 17.7 Å². The number of hydrogen-bond donors (Lipinski definition) is 2. The number of ether oxygens (including phenoxy) is 2. The number of carbonyl (C=O) groups excluding carboxylic acids is 2. The number of aromatic nitrogens is 2. The van der Waals surface area contributed by atoms with Crippen LogP contribution in [0.4, 0.5) is 5.69 Å². The van der Waals surface area contributed by atoms with Gasteiger partial charge in [-0.1, -0.05) is 6.07 Å². The van der Waals surface area contributed by atoms with Crippen LogP contribution in [0.2, 0.25) is 0 Å². The number of benzene rings is 2. The molecule has 0 radical (unpaired) electrons. The minimum absolute atomic E-state index is 0.196. The van der Waals surface area contributed by atoms with Gasteiger partial charge in [0.15, 0.2) is 0 Å². The molecule has 2 amide bonds. The zero-order valence-electron chi connectivity index (χ0n) is 18.6. The van der Waals surface area contributed by atoms with Crippen molar-refractivity contribution < 1.29 is 19.1 Å². The number of amides is 2. The number of nitrogens with one attached hydrogen (secondary N) is 2. The van der Waals surface area contributed by atoms with Crippen LogP contribution in [0.3, 0.4) is 0 Å². The summed E-state index contributed by atoms with van der Waals surface area (Å²) in [6.07, 6.45) is 2.25. The molecule has 166 valence electrons. The molecule has 2 aromatic carbocycles. The van der Waals surface area contributed by atoms with Crippen LogP contribution in [0.5, 0.6) is 11.5 Å². The van der Waals surface area contributed by atoms with E-state index in [4.69, 9.17) is 9.47 Å². The Morgan fingerprint density at radius 1 is 1.22 bits per heavy atom. The number of fused-ring (bicyclic) bond motifs is 1. The van der Waals surface area contributed by atoms with Crippen molar-refractivity contribution >= 4 is 17.5 Å². The summed E-state index contributed by atoms with van der Waals surface area (Å²) < 4.78 is 11.1. The number of hydrogen-bond acceptors (Lipinski definition) is 5. The molecule has 0 fully saturated rings. The Morgan fingerprint density at radius 3 is 2.72 bits per heavy atom. The highest BCUT2D eigenvalue weighted by molar-refractivity contribution is 6.05. The van der Waals surface area contributed by atoms with Gasteiger partial charge in [0.1, 0.15) is 18.1 Å². The summed E-state index contributed by atoms with van der Waals surface area (Å²) in [4.78, 5) is 27.4. The number of aromatic amines is 1. The Labute approximate surface area is 186 Å². The molecule has 2 N–H and O–H groups in total. The first kappa shape index (κ1) is 21.4. The molecule has 0 saturated carbocycles. The van der Waals surface area contributed by atoms with Gasteiger partial charge in [-0.3, -0.25) is 14.7 Å². The summed E-state index contributed by atoms with van der Waals surface area (Å²) in [6, 6.07) is 11.0. The standard InChI is InChI=1S/C24H26N4O4/c1-14-20(12-25-27-14)15-5-7-21(19(11-15)24(30)28(2)3)26-23(29)17-9-16-10-18(31-4)6-8-22(16)32-13-17/h5-8,10-12,17H,9,13H2,1-4H3,(H,25,27)(H,26,29)/t17-/m0/s1. The second-order valence-electron chi connectivity index (χ2n) is 8.04. The highest BCUT2D eigenvalue weighted by Crippen LogP contribution is 2.32. The quantitative estimate of drug-likeness (QED) is 0.642. The molecular formula is C24H26N4O4. The molecule has 32 heavy (non-hydrogen) atoms. The first-order valence-electron chi connectivity index (χ1n) is 10.3. The highest BCUT2D eigenvalue weighted by atomic mass is 16.5. The maximum atomic E-state index is 13.1. The van der Waals surface area contributed by atoms with Crippen LogP contribution in [0.15, 0.2) is 42.6 Å².